The predicted molar refractivity (Wildman–Crippen MR) is 95.3 cm³/mol. The Balaban J connectivity index is 1.71. The number of likely N-dealkylation sites (N-methyl/N-ethyl adjacent to an activating group) is 1. The number of nitrogens with zero attached hydrogens (tertiary/aromatic N) is 1. The summed E-state index contributed by atoms with van der Waals surface area (Å²) in [6.45, 7) is 2.50. The molecule has 0 aliphatic carbocycles. The van der Waals surface area contributed by atoms with E-state index in [0.717, 1.165) is 11.3 Å². The summed E-state index contributed by atoms with van der Waals surface area (Å²) in [5.74, 6) is 1.19. The summed E-state index contributed by atoms with van der Waals surface area (Å²) in [4.78, 5) is 25.8. The molecule has 0 atom stereocenters. The van der Waals surface area contributed by atoms with Crippen LogP contribution < -0.4 is 19.7 Å². The van der Waals surface area contributed by atoms with Crippen molar-refractivity contribution in [2.45, 2.75) is 13.3 Å². The van der Waals surface area contributed by atoms with Crippen LogP contribution >= 0.6 is 0 Å². The van der Waals surface area contributed by atoms with Crippen LogP contribution in [0.2, 0.25) is 0 Å². The van der Waals surface area contributed by atoms with Crippen molar-refractivity contribution in [3.63, 3.8) is 0 Å². The van der Waals surface area contributed by atoms with E-state index in [1.54, 1.807) is 30.2 Å². The van der Waals surface area contributed by atoms with Crippen molar-refractivity contribution >= 4 is 23.2 Å². The number of ether oxygens (including phenoxy) is 2. The first kappa shape index (κ1) is 16.8. The van der Waals surface area contributed by atoms with Gasteiger partial charge in [0.2, 0.25) is 5.91 Å². The van der Waals surface area contributed by atoms with Crippen molar-refractivity contribution in [3.8, 4) is 11.5 Å². The second-order valence-electron chi connectivity index (χ2n) is 5.68. The zero-order valence-electron chi connectivity index (χ0n) is 14.2. The lowest BCUT2D eigenvalue weighted by molar-refractivity contribution is -0.121. The molecule has 2 aromatic rings. The third kappa shape index (κ3) is 3.74. The number of methoxy groups -OCH3 is 1. The Morgan fingerprint density at radius 2 is 2.00 bits per heavy atom. The smallest absolute Gasteiger partial charge is 0.265 e. The molecule has 0 saturated carbocycles. The normalized spacial score (nSPS) is 13.0. The van der Waals surface area contributed by atoms with Gasteiger partial charge in [0.1, 0.15) is 11.5 Å². The van der Waals surface area contributed by atoms with Crippen molar-refractivity contribution < 1.29 is 19.1 Å². The third-order valence-corrected chi connectivity index (χ3v) is 4.03. The van der Waals surface area contributed by atoms with Crippen LogP contribution in [0.25, 0.3) is 0 Å². The minimum absolute atomic E-state index is 0.0457. The van der Waals surface area contributed by atoms with E-state index in [-0.39, 0.29) is 24.8 Å². The Kier molecular flexibility index (Phi) is 4.88. The van der Waals surface area contributed by atoms with Crippen LogP contribution in [-0.4, -0.2) is 32.1 Å². The van der Waals surface area contributed by atoms with Gasteiger partial charge in [-0.1, -0.05) is 12.1 Å². The standard InChI is InChI=1S/C19H20N2O4/c1-3-21-16-11-14(6-9-17(16)25-12-19(21)23)20-18(22)10-13-4-7-15(24-2)8-5-13/h4-9,11H,3,10,12H2,1-2H3,(H,20,22). The van der Waals surface area contributed by atoms with Crippen molar-refractivity contribution in [3.05, 3.63) is 48.0 Å². The summed E-state index contributed by atoms with van der Waals surface area (Å²) >= 11 is 0. The molecule has 0 fully saturated rings. The van der Waals surface area contributed by atoms with Crippen molar-refractivity contribution in [2.24, 2.45) is 0 Å². The van der Waals surface area contributed by atoms with Gasteiger partial charge in [-0.15, -0.1) is 0 Å². The molecule has 2 amide bonds. The molecule has 6 heteroatoms. The second kappa shape index (κ2) is 7.25. The molecule has 1 heterocycles. The van der Waals surface area contributed by atoms with E-state index >= 15 is 0 Å². The first-order valence-electron chi connectivity index (χ1n) is 8.10. The van der Waals surface area contributed by atoms with Gasteiger partial charge in [-0.05, 0) is 42.8 Å². The van der Waals surface area contributed by atoms with Crippen molar-refractivity contribution in [2.75, 3.05) is 30.5 Å². The molecule has 1 N–H and O–H groups in total. The number of amides is 2. The molecule has 1 aliphatic heterocycles. The molecular weight excluding hydrogens is 320 g/mol. The Morgan fingerprint density at radius 3 is 2.68 bits per heavy atom. The van der Waals surface area contributed by atoms with Gasteiger partial charge in [-0.25, -0.2) is 0 Å². The van der Waals surface area contributed by atoms with Crippen molar-refractivity contribution in [1.29, 1.82) is 0 Å². The maximum absolute atomic E-state index is 12.3. The maximum Gasteiger partial charge on any atom is 0.265 e. The van der Waals surface area contributed by atoms with Gasteiger partial charge in [-0.3, -0.25) is 9.59 Å². The first-order chi connectivity index (χ1) is 12.1. The zero-order valence-corrected chi connectivity index (χ0v) is 14.2. The highest BCUT2D eigenvalue weighted by atomic mass is 16.5. The quantitative estimate of drug-likeness (QED) is 0.908. The van der Waals surface area contributed by atoms with E-state index in [0.29, 0.717) is 23.7 Å². The number of hydrogen-bond donors (Lipinski definition) is 1. The van der Waals surface area contributed by atoms with Crippen LogP contribution in [0.1, 0.15) is 12.5 Å². The number of benzene rings is 2. The fraction of sp³-hybridized carbons (Fsp3) is 0.263. The molecule has 2 aromatic carbocycles. The van der Waals surface area contributed by atoms with Crippen LogP contribution in [0.5, 0.6) is 11.5 Å². The number of hydrogen-bond acceptors (Lipinski definition) is 4. The zero-order chi connectivity index (χ0) is 17.8. The number of fused-ring (bicyclic) bond motifs is 1. The summed E-state index contributed by atoms with van der Waals surface area (Å²) in [5, 5.41) is 2.86. The van der Waals surface area contributed by atoms with E-state index in [1.807, 2.05) is 31.2 Å². The summed E-state index contributed by atoms with van der Waals surface area (Å²) in [5.41, 5.74) is 2.21. The molecule has 6 nitrogen and oxygen atoms in total. The second-order valence-corrected chi connectivity index (χ2v) is 5.68. The van der Waals surface area contributed by atoms with E-state index < -0.39 is 0 Å². The maximum atomic E-state index is 12.3. The SMILES string of the molecule is CCN1C(=O)COc2ccc(NC(=O)Cc3ccc(OC)cc3)cc21. The molecule has 1 aliphatic rings. The van der Waals surface area contributed by atoms with E-state index in [1.165, 1.54) is 0 Å². The highest BCUT2D eigenvalue weighted by molar-refractivity contribution is 5.99. The minimum Gasteiger partial charge on any atom is -0.497 e. The lowest BCUT2D eigenvalue weighted by Gasteiger charge is -2.28. The highest BCUT2D eigenvalue weighted by Crippen LogP contribution is 2.34. The summed E-state index contributed by atoms with van der Waals surface area (Å²) in [7, 11) is 1.60. The molecule has 0 aromatic heterocycles. The van der Waals surface area contributed by atoms with E-state index in [9.17, 15) is 9.59 Å². The van der Waals surface area contributed by atoms with Gasteiger partial charge in [0, 0.05) is 12.2 Å². The lowest BCUT2D eigenvalue weighted by atomic mass is 10.1. The molecule has 0 bridgehead atoms. The molecule has 130 valence electrons. The van der Waals surface area contributed by atoms with Crippen LogP contribution in [0.3, 0.4) is 0 Å². The Morgan fingerprint density at radius 1 is 1.24 bits per heavy atom. The largest absolute Gasteiger partial charge is 0.497 e. The van der Waals surface area contributed by atoms with Gasteiger partial charge in [0.15, 0.2) is 6.61 Å². The Hall–Kier alpha value is -3.02. The average Bonchev–Trinajstić information content (AvgIpc) is 2.62. The molecule has 0 radical (unpaired) electrons. The summed E-state index contributed by atoms with van der Waals surface area (Å²) in [6.07, 6.45) is 0.258. The van der Waals surface area contributed by atoms with Gasteiger partial charge >= 0.3 is 0 Å². The summed E-state index contributed by atoms with van der Waals surface area (Å²) in [6, 6.07) is 12.7. The predicted octanol–water partition coefficient (Wildman–Crippen LogP) is 2.62. The third-order valence-electron chi connectivity index (χ3n) is 4.03. The average molecular weight is 340 g/mol. The van der Waals surface area contributed by atoms with Crippen LogP contribution in [-0.2, 0) is 16.0 Å². The van der Waals surface area contributed by atoms with E-state index in [2.05, 4.69) is 5.32 Å². The molecule has 3 rings (SSSR count). The topological polar surface area (TPSA) is 67.9 Å². The van der Waals surface area contributed by atoms with Crippen molar-refractivity contribution in [1.82, 2.24) is 0 Å². The molecule has 25 heavy (non-hydrogen) atoms. The number of rotatable bonds is 5. The van der Waals surface area contributed by atoms with Gasteiger partial charge < -0.3 is 19.7 Å². The van der Waals surface area contributed by atoms with Crippen LogP contribution in [0, 0.1) is 0 Å². The molecular formula is C19H20N2O4. The minimum atomic E-state index is -0.129. The number of carbonyl (C=O) groups excluding carboxylic acids is 2. The van der Waals surface area contributed by atoms with Gasteiger partial charge in [0.05, 0.1) is 19.2 Å². The van der Waals surface area contributed by atoms with Gasteiger partial charge in [-0.2, -0.15) is 0 Å². The molecule has 0 unspecified atom stereocenters. The number of carbonyl (C=O) groups is 2. The first-order valence-corrected chi connectivity index (χ1v) is 8.10. The number of nitrogens with one attached hydrogen (secondary N) is 1. The fourth-order valence-corrected chi connectivity index (χ4v) is 2.76. The van der Waals surface area contributed by atoms with Crippen LogP contribution in [0.4, 0.5) is 11.4 Å². The fourth-order valence-electron chi connectivity index (χ4n) is 2.76. The molecule has 0 saturated heterocycles. The highest BCUT2D eigenvalue weighted by Gasteiger charge is 2.24. The number of anilines is 2. The monoisotopic (exact) mass is 340 g/mol. The van der Waals surface area contributed by atoms with Crippen LogP contribution in [0.15, 0.2) is 42.5 Å². The Labute approximate surface area is 146 Å². The van der Waals surface area contributed by atoms with E-state index in [4.69, 9.17) is 9.47 Å². The summed E-state index contributed by atoms with van der Waals surface area (Å²) < 4.78 is 10.5. The van der Waals surface area contributed by atoms with Gasteiger partial charge in [0.25, 0.3) is 5.91 Å². The molecule has 0 spiro atoms. The Bertz CT molecular complexity index is 787. The lowest BCUT2D eigenvalue weighted by Crippen LogP contribution is -2.38.